The van der Waals surface area contributed by atoms with Gasteiger partial charge in [0, 0.05) is 36.5 Å². The van der Waals surface area contributed by atoms with Crippen molar-refractivity contribution in [1.82, 2.24) is 34.9 Å². The maximum Gasteiger partial charge on any atom is 0.161 e. The van der Waals surface area contributed by atoms with Crippen molar-refractivity contribution < 1.29 is 4.39 Å². The average Bonchev–Trinajstić information content (AvgIpc) is 3.49. The summed E-state index contributed by atoms with van der Waals surface area (Å²) in [5.41, 5.74) is 7.30. The minimum atomic E-state index is -0.278. The first-order valence-electron chi connectivity index (χ1n) is 10.2. The molecule has 6 rings (SSSR count). The van der Waals surface area contributed by atoms with Crippen LogP contribution in [0.1, 0.15) is 17.0 Å². The summed E-state index contributed by atoms with van der Waals surface area (Å²) in [5, 5.41) is 11.8. The first-order valence-corrected chi connectivity index (χ1v) is 10.2. The minimum Gasteiger partial charge on any atom is -0.340 e. The van der Waals surface area contributed by atoms with Crippen LogP contribution in [0.5, 0.6) is 0 Å². The largest absolute Gasteiger partial charge is 0.340 e. The van der Waals surface area contributed by atoms with E-state index in [0.717, 1.165) is 44.8 Å². The number of fused-ring (bicyclic) bond motifs is 2. The lowest BCUT2D eigenvalue weighted by Crippen LogP contribution is -1.93. The fraction of sp³-hybridized carbons (Fsp3) is 0.0833. The van der Waals surface area contributed by atoms with Gasteiger partial charge < -0.3 is 4.98 Å². The molecule has 0 unspecified atom stereocenters. The summed E-state index contributed by atoms with van der Waals surface area (Å²) in [6.45, 7) is 0. The number of hydrogen-bond acceptors (Lipinski definition) is 4. The van der Waals surface area contributed by atoms with Crippen LogP contribution in [-0.2, 0) is 13.5 Å². The number of aromatic nitrogens is 7. The second kappa shape index (κ2) is 7.12. The molecule has 0 amide bonds. The Labute approximate surface area is 182 Å². The van der Waals surface area contributed by atoms with Crippen molar-refractivity contribution in [2.75, 3.05) is 0 Å². The number of pyridine rings is 1. The molecule has 1 aromatic carbocycles. The molecular weight excluding hydrogens is 405 g/mol. The molecule has 0 saturated heterocycles. The fourth-order valence-corrected chi connectivity index (χ4v) is 3.99. The summed E-state index contributed by atoms with van der Waals surface area (Å²) in [6, 6.07) is 10.4. The summed E-state index contributed by atoms with van der Waals surface area (Å²) < 4.78 is 15.6. The predicted molar refractivity (Wildman–Crippen MR) is 120 cm³/mol. The van der Waals surface area contributed by atoms with E-state index in [1.165, 1.54) is 12.1 Å². The number of H-pyrrole nitrogens is 2. The molecule has 0 radical (unpaired) electrons. The van der Waals surface area contributed by atoms with E-state index in [9.17, 15) is 4.39 Å². The van der Waals surface area contributed by atoms with Crippen molar-refractivity contribution in [1.29, 1.82) is 0 Å². The number of nitrogens with zero attached hydrogens (tertiary/aromatic N) is 5. The van der Waals surface area contributed by atoms with Crippen molar-refractivity contribution in [2.45, 2.75) is 6.42 Å². The van der Waals surface area contributed by atoms with E-state index in [0.29, 0.717) is 17.9 Å². The Bertz CT molecular complexity index is 1530. The molecule has 7 nitrogen and oxygen atoms in total. The third-order valence-electron chi connectivity index (χ3n) is 5.52. The number of halogens is 1. The summed E-state index contributed by atoms with van der Waals surface area (Å²) >= 11 is 0. The molecule has 0 aliphatic heterocycles. The van der Waals surface area contributed by atoms with Gasteiger partial charge in [0.2, 0.25) is 0 Å². The van der Waals surface area contributed by atoms with Gasteiger partial charge in [-0.2, -0.15) is 10.2 Å². The molecule has 8 heteroatoms. The zero-order valence-electron chi connectivity index (χ0n) is 17.2. The predicted octanol–water partition coefficient (Wildman–Crippen LogP) is 4.43. The smallest absolute Gasteiger partial charge is 0.161 e. The number of imidazole rings is 1. The minimum absolute atomic E-state index is 0.278. The Kier molecular flexibility index (Phi) is 4.10. The number of aromatic amines is 2. The second-order valence-corrected chi connectivity index (χ2v) is 7.70. The first-order chi connectivity index (χ1) is 15.7. The topological polar surface area (TPSA) is 88.1 Å². The lowest BCUT2D eigenvalue weighted by molar-refractivity contribution is 0.627. The zero-order chi connectivity index (χ0) is 21.7. The van der Waals surface area contributed by atoms with Crippen molar-refractivity contribution >= 4 is 16.6 Å². The molecule has 0 fully saturated rings. The van der Waals surface area contributed by atoms with E-state index < -0.39 is 0 Å². The fourth-order valence-electron chi connectivity index (χ4n) is 3.99. The maximum atomic E-state index is 13.9. The molecule has 4 heterocycles. The quantitative estimate of drug-likeness (QED) is 0.449. The highest BCUT2D eigenvalue weighted by Crippen LogP contribution is 2.32. The summed E-state index contributed by atoms with van der Waals surface area (Å²) in [4.78, 5) is 13.1. The summed E-state index contributed by atoms with van der Waals surface area (Å²) in [5.74, 6) is 0.342. The Balaban J connectivity index is 1.47. The standard InChI is InChI=1S/C24H18FN7/c1-32-13-15(12-26-32)18-9-10-20-22(27-18)23(31-30-20)24-28-19-8-3-2-7-17(21(19)29-24)14-5-4-6-16(25)11-14/h2-7,9-13H,8H2,1H3,(H,28,29)(H,30,31). The molecule has 5 aromatic rings. The van der Waals surface area contributed by atoms with Gasteiger partial charge in [0.1, 0.15) is 11.3 Å². The van der Waals surface area contributed by atoms with E-state index in [2.05, 4.69) is 26.4 Å². The Morgan fingerprint density at radius 1 is 1.06 bits per heavy atom. The van der Waals surface area contributed by atoms with Crippen molar-refractivity contribution in [3.05, 3.63) is 89.8 Å². The van der Waals surface area contributed by atoms with E-state index >= 15 is 0 Å². The average molecular weight is 423 g/mol. The van der Waals surface area contributed by atoms with Gasteiger partial charge in [-0.1, -0.05) is 30.4 Å². The van der Waals surface area contributed by atoms with Crippen LogP contribution in [0.2, 0.25) is 0 Å². The lowest BCUT2D eigenvalue weighted by atomic mass is 10.0. The van der Waals surface area contributed by atoms with E-state index in [1.54, 1.807) is 16.9 Å². The van der Waals surface area contributed by atoms with Crippen molar-refractivity contribution in [3.8, 4) is 22.8 Å². The molecule has 0 bridgehead atoms. The van der Waals surface area contributed by atoms with Crippen molar-refractivity contribution in [2.24, 2.45) is 7.05 Å². The van der Waals surface area contributed by atoms with Gasteiger partial charge in [0.15, 0.2) is 11.5 Å². The van der Waals surface area contributed by atoms with Gasteiger partial charge >= 0.3 is 0 Å². The second-order valence-electron chi connectivity index (χ2n) is 7.70. The Morgan fingerprint density at radius 2 is 2.00 bits per heavy atom. The van der Waals surface area contributed by atoms with Crippen LogP contribution in [0.15, 0.2) is 67.0 Å². The highest BCUT2D eigenvalue weighted by atomic mass is 19.1. The van der Waals surface area contributed by atoms with Gasteiger partial charge in [-0.05, 0) is 29.8 Å². The molecule has 0 atom stereocenters. The molecule has 1 aliphatic rings. The van der Waals surface area contributed by atoms with E-state index in [1.807, 2.05) is 43.6 Å². The maximum absolute atomic E-state index is 13.9. The SMILES string of the molecule is Cn1cc(-c2ccc3[nH]nc(-c4nc5c([nH]4)CC=CC=C5c4cccc(F)c4)c3n2)cn1. The Morgan fingerprint density at radius 3 is 2.84 bits per heavy atom. The first kappa shape index (κ1) is 18.4. The van der Waals surface area contributed by atoms with Crippen LogP contribution in [0, 0.1) is 5.82 Å². The number of nitrogens with one attached hydrogen (secondary N) is 2. The van der Waals surface area contributed by atoms with Crippen molar-refractivity contribution in [3.63, 3.8) is 0 Å². The van der Waals surface area contributed by atoms with Crippen LogP contribution >= 0.6 is 0 Å². The molecule has 32 heavy (non-hydrogen) atoms. The van der Waals surface area contributed by atoms with Crippen LogP contribution in [0.25, 0.3) is 39.4 Å². The highest BCUT2D eigenvalue weighted by Gasteiger charge is 2.21. The molecule has 2 N–H and O–H groups in total. The molecule has 0 saturated carbocycles. The van der Waals surface area contributed by atoms with Crippen LogP contribution < -0.4 is 0 Å². The number of benzene rings is 1. The molecule has 0 spiro atoms. The third kappa shape index (κ3) is 3.04. The van der Waals surface area contributed by atoms with Crippen LogP contribution in [0.3, 0.4) is 0 Å². The molecule has 1 aliphatic carbocycles. The highest BCUT2D eigenvalue weighted by molar-refractivity contribution is 5.90. The molecule has 156 valence electrons. The third-order valence-corrected chi connectivity index (χ3v) is 5.52. The number of allylic oxidation sites excluding steroid dienone is 3. The Hall–Kier alpha value is -4.33. The zero-order valence-corrected chi connectivity index (χ0v) is 17.2. The van der Waals surface area contributed by atoms with Gasteiger partial charge in [-0.25, -0.2) is 14.4 Å². The van der Waals surface area contributed by atoms with E-state index in [-0.39, 0.29) is 5.82 Å². The lowest BCUT2D eigenvalue weighted by Gasteiger charge is -2.05. The van der Waals surface area contributed by atoms with Crippen LogP contribution in [0.4, 0.5) is 4.39 Å². The van der Waals surface area contributed by atoms with E-state index in [4.69, 9.17) is 9.97 Å². The summed E-state index contributed by atoms with van der Waals surface area (Å²) in [6.07, 6.45) is 10.4. The normalized spacial score (nSPS) is 13.2. The number of aryl methyl sites for hydroxylation is 1. The molecule has 4 aromatic heterocycles. The van der Waals surface area contributed by atoms with Crippen LogP contribution in [-0.4, -0.2) is 34.9 Å². The summed E-state index contributed by atoms with van der Waals surface area (Å²) in [7, 11) is 1.87. The molecular formula is C24H18FN7. The number of rotatable bonds is 3. The monoisotopic (exact) mass is 423 g/mol. The number of hydrogen-bond donors (Lipinski definition) is 2. The van der Waals surface area contributed by atoms with Gasteiger partial charge in [-0.3, -0.25) is 9.78 Å². The van der Waals surface area contributed by atoms with Gasteiger partial charge in [-0.15, -0.1) is 0 Å². The van der Waals surface area contributed by atoms with Gasteiger partial charge in [0.25, 0.3) is 0 Å². The van der Waals surface area contributed by atoms with Gasteiger partial charge in [0.05, 0.1) is 23.1 Å².